The minimum absolute atomic E-state index is 0.000136. The molecule has 1 heterocycles. The third-order valence-electron chi connectivity index (χ3n) is 6.83. The van der Waals surface area contributed by atoms with Crippen molar-refractivity contribution in [1.29, 1.82) is 0 Å². The summed E-state index contributed by atoms with van der Waals surface area (Å²) in [5.41, 5.74) is 2.85. The molecule has 1 fully saturated rings. The highest BCUT2D eigenvalue weighted by molar-refractivity contribution is 5.94. The average molecular weight is 473 g/mol. The van der Waals surface area contributed by atoms with E-state index in [0.717, 1.165) is 36.1 Å². The van der Waals surface area contributed by atoms with Crippen LogP contribution in [0.1, 0.15) is 76.8 Å². The summed E-state index contributed by atoms with van der Waals surface area (Å²) >= 11 is 0. The van der Waals surface area contributed by atoms with Gasteiger partial charge in [-0.3, -0.25) is 9.59 Å². The summed E-state index contributed by atoms with van der Waals surface area (Å²) < 4.78 is 0. The molecular weight excluding hydrogens is 428 g/mol. The lowest BCUT2D eigenvalue weighted by molar-refractivity contribution is -0.141. The number of carbonyl (C=O) groups excluding carboxylic acids is 3. The van der Waals surface area contributed by atoms with Crippen LogP contribution in [-0.4, -0.2) is 59.9 Å². The molecule has 1 aliphatic rings. The molecule has 4 amide bonds. The van der Waals surface area contributed by atoms with E-state index in [1.807, 2.05) is 50.8 Å². The summed E-state index contributed by atoms with van der Waals surface area (Å²) in [6.07, 6.45) is 7.02. The number of aryl methyl sites for hydroxylation is 2. The number of hydrogen-bond acceptors (Lipinski definition) is 3. The van der Waals surface area contributed by atoms with Crippen molar-refractivity contribution in [2.24, 2.45) is 5.92 Å². The monoisotopic (exact) mass is 472 g/mol. The van der Waals surface area contributed by atoms with Crippen LogP contribution in [0.2, 0.25) is 0 Å². The summed E-state index contributed by atoms with van der Waals surface area (Å²) in [4.78, 5) is 42.2. The molecule has 1 aromatic carbocycles. The fraction of sp³-hybridized carbons (Fsp3) is 0.667. The number of carbonyl (C=O) groups is 3. The zero-order valence-corrected chi connectivity index (χ0v) is 21.8. The molecule has 1 aromatic rings. The zero-order valence-electron chi connectivity index (χ0n) is 21.8. The number of rotatable bonds is 11. The molecule has 0 bridgehead atoms. The van der Waals surface area contributed by atoms with Gasteiger partial charge in [0.25, 0.3) is 0 Å². The Morgan fingerprint density at radius 2 is 1.59 bits per heavy atom. The molecule has 1 aliphatic heterocycles. The standard InChI is InChI=1S/C27H44N4O3/c1-6-8-9-10-11-12-24(32)30-15-17-31(18-16-30)26(33)25(21(4)7-2)29-27(34)28-23-14-13-20(3)19-22(23)5/h13-14,19,21,25H,6-12,15-18H2,1-5H3,(H2,28,29,34). The molecule has 7 nitrogen and oxygen atoms in total. The van der Waals surface area contributed by atoms with Gasteiger partial charge in [-0.05, 0) is 37.8 Å². The molecule has 0 saturated carbocycles. The molecular formula is C27H44N4O3. The molecule has 34 heavy (non-hydrogen) atoms. The summed E-state index contributed by atoms with van der Waals surface area (Å²) in [5.74, 6) is 0.116. The van der Waals surface area contributed by atoms with E-state index in [2.05, 4.69) is 17.6 Å². The number of hydrogen-bond donors (Lipinski definition) is 2. The van der Waals surface area contributed by atoms with Crippen molar-refractivity contribution in [1.82, 2.24) is 15.1 Å². The number of piperazine rings is 1. The number of benzene rings is 1. The van der Waals surface area contributed by atoms with Crippen LogP contribution in [0.5, 0.6) is 0 Å². The van der Waals surface area contributed by atoms with Crippen molar-refractivity contribution in [2.45, 2.75) is 85.6 Å². The second-order valence-corrected chi connectivity index (χ2v) is 9.65. The maximum atomic E-state index is 13.3. The van der Waals surface area contributed by atoms with E-state index in [4.69, 9.17) is 0 Å². The van der Waals surface area contributed by atoms with Crippen molar-refractivity contribution in [2.75, 3.05) is 31.5 Å². The van der Waals surface area contributed by atoms with Gasteiger partial charge in [-0.2, -0.15) is 0 Å². The Morgan fingerprint density at radius 1 is 0.941 bits per heavy atom. The Labute approximate surface area is 205 Å². The SMILES string of the molecule is CCCCCCCC(=O)N1CCN(C(=O)C(NC(=O)Nc2ccc(C)cc2C)C(C)CC)CC1. The van der Waals surface area contributed by atoms with Crippen molar-refractivity contribution in [3.05, 3.63) is 29.3 Å². The van der Waals surface area contributed by atoms with Crippen LogP contribution in [0, 0.1) is 19.8 Å². The van der Waals surface area contributed by atoms with Crippen LogP contribution in [0.15, 0.2) is 18.2 Å². The normalized spacial score (nSPS) is 15.6. The van der Waals surface area contributed by atoms with Gasteiger partial charge in [-0.1, -0.05) is 70.6 Å². The second kappa shape index (κ2) is 14.0. The highest BCUT2D eigenvalue weighted by atomic mass is 16.2. The van der Waals surface area contributed by atoms with Crippen molar-refractivity contribution in [3.63, 3.8) is 0 Å². The lowest BCUT2D eigenvalue weighted by atomic mass is 9.97. The van der Waals surface area contributed by atoms with Gasteiger partial charge in [0.05, 0.1) is 0 Å². The Kier molecular flexibility index (Phi) is 11.4. The molecule has 0 aliphatic carbocycles. The number of amides is 4. The molecule has 190 valence electrons. The van der Waals surface area contributed by atoms with Crippen LogP contribution >= 0.6 is 0 Å². The molecule has 2 N–H and O–H groups in total. The van der Waals surface area contributed by atoms with Gasteiger partial charge in [0.2, 0.25) is 11.8 Å². The number of urea groups is 1. The third kappa shape index (κ3) is 8.33. The van der Waals surface area contributed by atoms with Crippen molar-refractivity contribution >= 4 is 23.5 Å². The number of unbranched alkanes of at least 4 members (excludes halogenated alkanes) is 4. The first-order valence-corrected chi connectivity index (χ1v) is 13.0. The maximum Gasteiger partial charge on any atom is 0.319 e. The highest BCUT2D eigenvalue weighted by Gasteiger charge is 2.32. The fourth-order valence-electron chi connectivity index (χ4n) is 4.35. The van der Waals surface area contributed by atoms with Gasteiger partial charge in [-0.25, -0.2) is 4.79 Å². The quantitative estimate of drug-likeness (QED) is 0.451. The molecule has 2 atom stereocenters. The number of nitrogens with one attached hydrogen (secondary N) is 2. The predicted octanol–water partition coefficient (Wildman–Crippen LogP) is 4.87. The summed E-state index contributed by atoms with van der Waals surface area (Å²) in [6, 6.07) is 4.87. The smallest absolute Gasteiger partial charge is 0.319 e. The molecule has 0 radical (unpaired) electrons. The predicted molar refractivity (Wildman–Crippen MR) is 138 cm³/mol. The molecule has 2 unspecified atom stereocenters. The average Bonchev–Trinajstić information content (AvgIpc) is 2.83. The van der Waals surface area contributed by atoms with E-state index < -0.39 is 6.04 Å². The van der Waals surface area contributed by atoms with Crippen LogP contribution in [-0.2, 0) is 9.59 Å². The molecule has 2 rings (SSSR count). The minimum atomic E-state index is -0.600. The highest BCUT2D eigenvalue weighted by Crippen LogP contribution is 2.18. The van der Waals surface area contributed by atoms with Crippen molar-refractivity contribution < 1.29 is 14.4 Å². The lowest BCUT2D eigenvalue weighted by Crippen LogP contribution is -2.57. The molecule has 7 heteroatoms. The van der Waals surface area contributed by atoms with E-state index in [1.54, 1.807) is 4.90 Å². The van der Waals surface area contributed by atoms with Crippen molar-refractivity contribution in [3.8, 4) is 0 Å². The Morgan fingerprint density at radius 3 is 2.21 bits per heavy atom. The fourth-order valence-corrected chi connectivity index (χ4v) is 4.35. The Bertz CT molecular complexity index is 818. The first kappa shape index (κ1) is 27.7. The zero-order chi connectivity index (χ0) is 25.1. The first-order chi connectivity index (χ1) is 16.3. The van der Waals surface area contributed by atoms with Crippen LogP contribution in [0.4, 0.5) is 10.5 Å². The summed E-state index contributed by atoms with van der Waals surface area (Å²) in [6.45, 7) is 12.3. The molecule has 1 saturated heterocycles. The minimum Gasteiger partial charge on any atom is -0.339 e. The van der Waals surface area contributed by atoms with Gasteiger partial charge in [0.15, 0.2) is 0 Å². The van der Waals surface area contributed by atoms with E-state index >= 15 is 0 Å². The van der Waals surface area contributed by atoms with E-state index in [0.29, 0.717) is 32.6 Å². The lowest BCUT2D eigenvalue weighted by Gasteiger charge is -2.37. The van der Waals surface area contributed by atoms with Crippen LogP contribution in [0.25, 0.3) is 0 Å². The van der Waals surface area contributed by atoms with Gasteiger partial charge < -0.3 is 20.4 Å². The number of nitrogens with zero attached hydrogens (tertiary/aromatic N) is 2. The largest absolute Gasteiger partial charge is 0.339 e. The summed E-state index contributed by atoms with van der Waals surface area (Å²) in [5, 5.41) is 5.80. The van der Waals surface area contributed by atoms with Gasteiger partial charge >= 0.3 is 6.03 Å². The number of anilines is 1. The van der Waals surface area contributed by atoms with Crippen LogP contribution in [0.3, 0.4) is 0 Å². The Balaban J connectivity index is 1.89. The second-order valence-electron chi connectivity index (χ2n) is 9.65. The van der Waals surface area contributed by atoms with Gasteiger partial charge in [0.1, 0.15) is 6.04 Å². The van der Waals surface area contributed by atoms with Gasteiger partial charge in [-0.15, -0.1) is 0 Å². The first-order valence-electron chi connectivity index (χ1n) is 13.0. The van der Waals surface area contributed by atoms with E-state index in [1.165, 1.54) is 19.3 Å². The summed E-state index contributed by atoms with van der Waals surface area (Å²) in [7, 11) is 0. The molecule has 0 aromatic heterocycles. The molecule has 0 spiro atoms. The third-order valence-corrected chi connectivity index (χ3v) is 6.83. The Hall–Kier alpha value is -2.57. The van der Waals surface area contributed by atoms with E-state index in [9.17, 15) is 14.4 Å². The van der Waals surface area contributed by atoms with Crippen LogP contribution < -0.4 is 10.6 Å². The maximum absolute atomic E-state index is 13.3. The van der Waals surface area contributed by atoms with E-state index in [-0.39, 0.29) is 23.8 Å². The topological polar surface area (TPSA) is 81.8 Å². The van der Waals surface area contributed by atoms with Gasteiger partial charge in [0, 0.05) is 38.3 Å².